The van der Waals surface area contributed by atoms with Gasteiger partial charge >= 0.3 is 5.97 Å². The molecule has 7 nitrogen and oxygen atoms in total. The molecular weight excluding hydrogens is 442 g/mol. The van der Waals surface area contributed by atoms with E-state index in [1.54, 1.807) is 31.5 Å². The number of hydrogen-bond acceptors (Lipinski definition) is 5. The number of rotatable bonds is 9. The Hall–Kier alpha value is -2.80. The van der Waals surface area contributed by atoms with Gasteiger partial charge in [0, 0.05) is 23.4 Å². The highest BCUT2D eigenvalue weighted by atomic mass is 35.5. The maximum atomic E-state index is 12.6. The Morgan fingerprint density at radius 3 is 2.58 bits per heavy atom. The van der Waals surface area contributed by atoms with Crippen molar-refractivity contribution in [2.24, 2.45) is 11.8 Å². The van der Waals surface area contributed by atoms with Crippen molar-refractivity contribution in [2.75, 3.05) is 19.0 Å². The summed E-state index contributed by atoms with van der Waals surface area (Å²) in [4.78, 5) is 28.1. The van der Waals surface area contributed by atoms with Crippen molar-refractivity contribution in [3.63, 3.8) is 0 Å². The summed E-state index contributed by atoms with van der Waals surface area (Å²) in [7, 11) is 1.62. The van der Waals surface area contributed by atoms with Crippen molar-refractivity contribution < 1.29 is 19.4 Å². The number of halogens is 1. The molecule has 1 amide bonds. The second kappa shape index (κ2) is 11.4. The topological polar surface area (TPSA) is 101 Å². The van der Waals surface area contributed by atoms with Gasteiger partial charge < -0.3 is 20.5 Å². The van der Waals surface area contributed by atoms with E-state index in [9.17, 15) is 9.59 Å². The molecular formula is C25H32ClN3O4. The average molecular weight is 474 g/mol. The molecule has 0 unspecified atom stereocenters. The molecule has 178 valence electrons. The molecule has 1 saturated carbocycles. The van der Waals surface area contributed by atoms with Gasteiger partial charge in [-0.15, -0.1) is 0 Å². The quantitative estimate of drug-likeness (QED) is 0.468. The lowest BCUT2D eigenvalue weighted by Crippen LogP contribution is -2.32. The number of ether oxygens (including phenoxy) is 1. The fourth-order valence-electron chi connectivity index (χ4n) is 4.24. The third kappa shape index (κ3) is 6.38. The highest BCUT2D eigenvalue weighted by molar-refractivity contribution is 6.33. The molecule has 2 aromatic rings. The number of carbonyl (C=O) groups is 2. The van der Waals surface area contributed by atoms with Crippen LogP contribution in [0.3, 0.4) is 0 Å². The largest absolute Gasteiger partial charge is 0.495 e. The van der Waals surface area contributed by atoms with Crippen LogP contribution < -0.4 is 15.4 Å². The predicted octanol–water partition coefficient (Wildman–Crippen LogP) is 5.10. The van der Waals surface area contributed by atoms with E-state index in [1.807, 2.05) is 13.0 Å². The second-order valence-corrected chi connectivity index (χ2v) is 9.00. The first-order valence-corrected chi connectivity index (χ1v) is 11.8. The van der Waals surface area contributed by atoms with Crippen LogP contribution in [-0.4, -0.2) is 35.6 Å². The predicted molar refractivity (Wildman–Crippen MR) is 129 cm³/mol. The van der Waals surface area contributed by atoms with Gasteiger partial charge in [-0.2, -0.15) is 0 Å². The molecule has 1 aliphatic rings. The summed E-state index contributed by atoms with van der Waals surface area (Å²) in [6.07, 6.45) is 5.53. The molecule has 33 heavy (non-hydrogen) atoms. The van der Waals surface area contributed by atoms with Crippen LogP contribution in [0.15, 0.2) is 30.5 Å². The van der Waals surface area contributed by atoms with Gasteiger partial charge in [-0.3, -0.25) is 14.6 Å². The number of benzene rings is 1. The SMILES string of the molecule is CCc1cc([C@H](C)Nc2ccc(C(=O)NC[C@H]3CC[C@H](C(=O)O)CC3)cc2Cl)c(OC)cn1. The number of carboxylic acid groups (broad SMARTS) is 1. The third-order valence-electron chi connectivity index (χ3n) is 6.35. The van der Waals surface area contributed by atoms with Gasteiger partial charge in [-0.05, 0) is 69.2 Å². The van der Waals surface area contributed by atoms with Crippen LogP contribution >= 0.6 is 11.6 Å². The van der Waals surface area contributed by atoms with E-state index in [1.165, 1.54) is 0 Å². The lowest BCUT2D eigenvalue weighted by Gasteiger charge is -2.26. The molecule has 0 bridgehead atoms. The minimum Gasteiger partial charge on any atom is -0.495 e. The number of aliphatic carboxylic acids is 1. The lowest BCUT2D eigenvalue weighted by molar-refractivity contribution is -0.143. The average Bonchev–Trinajstić information content (AvgIpc) is 2.83. The minimum atomic E-state index is -0.719. The zero-order chi connectivity index (χ0) is 24.0. The molecule has 3 rings (SSSR count). The summed E-state index contributed by atoms with van der Waals surface area (Å²) in [6, 6.07) is 7.16. The minimum absolute atomic E-state index is 0.0774. The zero-order valence-corrected chi connectivity index (χ0v) is 20.1. The van der Waals surface area contributed by atoms with Crippen molar-refractivity contribution in [1.29, 1.82) is 0 Å². The van der Waals surface area contributed by atoms with Crippen LogP contribution in [-0.2, 0) is 11.2 Å². The number of carbonyl (C=O) groups excluding carboxylic acids is 1. The van der Waals surface area contributed by atoms with E-state index in [0.29, 0.717) is 41.6 Å². The Labute approximate surface area is 199 Å². The van der Waals surface area contributed by atoms with Crippen molar-refractivity contribution in [3.05, 3.63) is 52.3 Å². The van der Waals surface area contributed by atoms with E-state index in [2.05, 4.69) is 22.5 Å². The number of methoxy groups -OCH3 is 1. The highest BCUT2D eigenvalue weighted by Gasteiger charge is 2.26. The third-order valence-corrected chi connectivity index (χ3v) is 6.67. The first-order chi connectivity index (χ1) is 15.8. The number of carboxylic acids is 1. The number of aromatic nitrogens is 1. The summed E-state index contributed by atoms with van der Waals surface area (Å²) in [5.74, 6) is -0.135. The second-order valence-electron chi connectivity index (χ2n) is 8.60. The first kappa shape index (κ1) is 24.8. The maximum Gasteiger partial charge on any atom is 0.306 e. The number of aryl methyl sites for hydroxylation is 1. The number of nitrogens with one attached hydrogen (secondary N) is 2. The Balaban J connectivity index is 1.59. The van der Waals surface area contributed by atoms with Crippen LogP contribution in [0.4, 0.5) is 5.69 Å². The highest BCUT2D eigenvalue weighted by Crippen LogP contribution is 2.32. The Morgan fingerprint density at radius 1 is 1.24 bits per heavy atom. The fraction of sp³-hybridized carbons (Fsp3) is 0.480. The van der Waals surface area contributed by atoms with Gasteiger partial charge in [-0.25, -0.2) is 0 Å². The first-order valence-electron chi connectivity index (χ1n) is 11.4. The van der Waals surface area contributed by atoms with E-state index in [0.717, 1.165) is 36.2 Å². The molecule has 1 heterocycles. The van der Waals surface area contributed by atoms with Crippen LogP contribution in [0.1, 0.15) is 67.2 Å². The van der Waals surface area contributed by atoms with Crippen LogP contribution in [0.25, 0.3) is 0 Å². The van der Waals surface area contributed by atoms with Crippen LogP contribution in [0.5, 0.6) is 5.75 Å². The van der Waals surface area contributed by atoms with Gasteiger partial charge in [0.2, 0.25) is 0 Å². The van der Waals surface area contributed by atoms with Gasteiger partial charge in [0.1, 0.15) is 5.75 Å². The van der Waals surface area contributed by atoms with E-state index in [-0.39, 0.29) is 17.9 Å². The summed E-state index contributed by atoms with van der Waals surface area (Å²) >= 11 is 6.49. The summed E-state index contributed by atoms with van der Waals surface area (Å²) < 4.78 is 5.46. The van der Waals surface area contributed by atoms with Crippen molar-refractivity contribution in [1.82, 2.24) is 10.3 Å². The van der Waals surface area contributed by atoms with E-state index < -0.39 is 5.97 Å². The van der Waals surface area contributed by atoms with E-state index in [4.69, 9.17) is 21.4 Å². The molecule has 3 N–H and O–H groups in total. The molecule has 1 atom stereocenters. The van der Waals surface area contributed by atoms with Crippen molar-refractivity contribution in [3.8, 4) is 5.75 Å². The number of amides is 1. The number of hydrogen-bond donors (Lipinski definition) is 3. The normalized spacial score (nSPS) is 18.9. The van der Waals surface area contributed by atoms with Crippen LogP contribution in [0.2, 0.25) is 5.02 Å². The lowest BCUT2D eigenvalue weighted by atomic mass is 9.82. The number of nitrogens with zero attached hydrogens (tertiary/aromatic N) is 1. The number of anilines is 1. The fourth-order valence-corrected chi connectivity index (χ4v) is 4.48. The molecule has 0 radical (unpaired) electrons. The Bertz CT molecular complexity index is 990. The smallest absolute Gasteiger partial charge is 0.306 e. The van der Waals surface area contributed by atoms with Crippen molar-refractivity contribution >= 4 is 29.2 Å². The van der Waals surface area contributed by atoms with Crippen molar-refractivity contribution in [2.45, 2.75) is 52.0 Å². The monoisotopic (exact) mass is 473 g/mol. The Morgan fingerprint density at radius 2 is 1.97 bits per heavy atom. The molecule has 1 fully saturated rings. The summed E-state index contributed by atoms with van der Waals surface area (Å²) in [6.45, 7) is 4.62. The van der Waals surface area contributed by atoms with Gasteiger partial charge in [0.15, 0.2) is 0 Å². The molecule has 1 aromatic carbocycles. The summed E-state index contributed by atoms with van der Waals surface area (Å²) in [5.41, 5.74) is 3.19. The van der Waals surface area contributed by atoms with Gasteiger partial charge in [-0.1, -0.05) is 18.5 Å². The molecule has 1 aromatic heterocycles. The van der Waals surface area contributed by atoms with Crippen LogP contribution in [0, 0.1) is 11.8 Å². The molecule has 1 aliphatic carbocycles. The molecule has 8 heteroatoms. The molecule has 0 spiro atoms. The standard InChI is InChI=1S/C25H32ClN3O4/c1-4-19-12-20(23(33-3)14-27-19)15(2)29-22-10-9-18(11-21(22)26)24(30)28-13-16-5-7-17(8-6-16)25(31)32/h9-12,14-17,29H,4-8,13H2,1-3H3,(H,28,30)(H,31,32)/t15-,16-,17-/m0/s1. The Kier molecular flexibility index (Phi) is 8.55. The molecule has 0 aliphatic heterocycles. The summed E-state index contributed by atoms with van der Waals surface area (Å²) in [5, 5.41) is 15.9. The zero-order valence-electron chi connectivity index (χ0n) is 19.4. The van der Waals surface area contributed by atoms with Gasteiger partial charge in [0.05, 0.1) is 36.0 Å². The number of pyridine rings is 1. The molecule has 0 saturated heterocycles. The van der Waals surface area contributed by atoms with Gasteiger partial charge in [0.25, 0.3) is 5.91 Å². The van der Waals surface area contributed by atoms with E-state index >= 15 is 0 Å². The maximum absolute atomic E-state index is 12.6.